The Morgan fingerprint density at radius 1 is 1.00 bits per heavy atom. The molecular formula is C26H32N8S2. The van der Waals surface area contributed by atoms with Crippen LogP contribution in [0, 0.1) is 5.92 Å². The molecule has 4 heterocycles. The van der Waals surface area contributed by atoms with E-state index in [4.69, 9.17) is 22.2 Å². The SMILES string of the molecule is CC1CCN(c2cc(Sc3ncccn3)nc(NC(=S)NCc3ccc(N4CCCC4)cc3)n2)CC1. The Morgan fingerprint density at radius 3 is 2.44 bits per heavy atom. The Balaban J connectivity index is 1.24. The van der Waals surface area contributed by atoms with Gasteiger partial charge < -0.3 is 20.4 Å². The van der Waals surface area contributed by atoms with Crippen molar-refractivity contribution in [2.24, 2.45) is 5.92 Å². The van der Waals surface area contributed by atoms with Crippen LogP contribution in [0.5, 0.6) is 0 Å². The van der Waals surface area contributed by atoms with Crippen LogP contribution in [0.1, 0.15) is 38.2 Å². The average Bonchev–Trinajstić information content (AvgIpc) is 3.44. The van der Waals surface area contributed by atoms with Gasteiger partial charge in [0.1, 0.15) is 10.8 Å². The quantitative estimate of drug-likeness (QED) is 0.259. The zero-order valence-corrected chi connectivity index (χ0v) is 22.2. The first-order valence-corrected chi connectivity index (χ1v) is 13.8. The van der Waals surface area contributed by atoms with Crippen LogP contribution in [0.3, 0.4) is 0 Å². The standard InChI is InChI=1S/C26H32N8S2/c1-19-9-15-34(16-10-19)22-17-23(36-26-27-11-4-12-28-26)31-24(30-22)32-25(35)29-18-20-5-7-21(8-6-20)33-13-2-3-14-33/h4-8,11-12,17,19H,2-3,9-10,13-16,18H2,1H3,(H2,29,30,31,32,35). The van der Waals surface area contributed by atoms with Gasteiger partial charge in [-0.05, 0) is 79.3 Å². The van der Waals surface area contributed by atoms with Crippen molar-refractivity contribution < 1.29 is 0 Å². The molecule has 36 heavy (non-hydrogen) atoms. The van der Waals surface area contributed by atoms with Gasteiger partial charge in [-0.15, -0.1) is 0 Å². The summed E-state index contributed by atoms with van der Waals surface area (Å²) >= 11 is 7.00. The van der Waals surface area contributed by atoms with E-state index >= 15 is 0 Å². The van der Waals surface area contributed by atoms with Crippen LogP contribution in [-0.2, 0) is 6.54 Å². The lowest BCUT2D eigenvalue weighted by Gasteiger charge is -2.31. The molecule has 2 N–H and O–H groups in total. The summed E-state index contributed by atoms with van der Waals surface area (Å²) in [6.07, 6.45) is 8.35. The van der Waals surface area contributed by atoms with Crippen molar-refractivity contribution in [1.29, 1.82) is 0 Å². The Kier molecular flexibility index (Phi) is 8.12. The van der Waals surface area contributed by atoms with E-state index in [-0.39, 0.29) is 0 Å². The highest BCUT2D eigenvalue weighted by Crippen LogP contribution is 2.29. The predicted molar refractivity (Wildman–Crippen MR) is 150 cm³/mol. The highest BCUT2D eigenvalue weighted by atomic mass is 32.2. The third kappa shape index (κ3) is 6.61. The van der Waals surface area contributed by atoms with E-state index in [9.17, 15) is 0 Å². The van der Waals surface area contributed by atoms with Gasteiger partial charge in [0.2, 0.25) is 5.95 Å². The third-order valence-corrected chi connectivity index (χ3v) is 7.68. The summed E-state index contributed by atoms with van der Waals surface area (Å²) in [5.74, 6) is 2.12. The van der Waals surface area contributed by atoms with Crippen LogP contribution in [-0.4, -0.2) is 51.2 Å². The average molecular weight is 521 g/mol. The molecule has 0 spiro atoms. The van der Waals surface area contributed by atoms with Crippen LogP contribution in [0.25, 0.3) is 0 Å². The highest BCUT2D eigenvalue weighted by Gasteiger charge is 2.19. The van der Waals surface area contributed by atoms with Crippen molar-refractivity contribution in [3.63, 3.8) is 0 Å². The Morgan fingerprint density at radius 2 is 1.72 bits per heavy atom. The first kappa shape index (κ1) is 24.7. The molecule has 0 amide bonds. The predicted octanol–water partition coefficient (Wildman–Crippen LogP) is 4.74. The summed E-state index contributed by atoms with van der Waals surface area (Å²) < 4.78 is 0. The minimum Gasteiger partial charge on any atom is -0.372 e. The topological polar surface area (TPSA) is 82.1 Å². The van der Waals surface area contributed by atoms with Crippen LogP contribution >= 0.6 is 24.0 Å². The number of hydrogen-bond donors (Lipinski definition) is 2. The fourth-order valence-electron chi connectivity index (χ4n) is 4.48. The van der Waals surface area contributed by atoms with Gasteiger partial charge >= 0.3 is 0 Å². The molecule has 3 aromatic rings. The second-order valence-electron chi connectivity index (χ2n) is 9.36. The number of benzene rings is 1. The molecule has 2 aliphatic heterocycles. The lowest BCUT2D eigenvalue weighted by molar-refractivity contribution is 0.436. The molecule has 0 unspecified atom stereocenters. The van der Waals surface area contributed by atoms with E-state index < -0.39 is 0 Å². The molecule has 0 radical (unpaired) electrons. The van der Waals surface area contributed by atoms with Crippen molar-refractivity contribution in [3.8, 4) is 0 Å². The van der Waals surface area contributed by atoms with E-state index in [0.717, 1.165) is 55.8 Å². The summed E-state index contributed by atoms with van der Waals surface area (Å²) in [6.45, 7) is 7.21. The van der Waals surface area contributed by atoms with E-state index in [0.29, 0.717) is 22.8 Å². The van der Waals surface area contributed by atoms with E-state index in [1.807, 2.05) is 6.07 Å². The third-order valence-electron chi connectivity index (χ3n) is 6.62. The molecule has 0 atom stereocenters. The number of nitrogens with zero attached hydrogens (tertiary/aromatic N) is 6. The fraction of sp³-hybridized carbons (Fsp3) is 0.423. The molecule has 0 aliphatic carbocycles. The van der Waals surface area contributed by atoms with Crippen molar-refractivity contribution in [3.05, 3.63) is 54.4 Å². The second-order valence-corrected chi connectivity index (χ2v) is 10.8. The fourth-order valence-corrected chi connectivity index (χ4v) is 5.35. The molecule has 188 valence electrons. The lowest BCUT2D eigenvalue weighted by Crippen LogP contribution is -2.34. The largest absolute Gasteiger partial charge is 0.372 e. The van der Waals surface area contributed by atoms with Crippen molar-refractivity contribution in [1.82, 2.24) is 25.3 Å². The molecular weight excluding hydrogens is 488 g/mol. The van der Waals surface area contributed by atoms with Gasteiger partial charge in [0.15, 0.2) is 10.3 Å². The summed E-state index contributed by atoms with van der Waals surface area (Å²) in [5.41, 5.74) is 2.47. The molecule has 2 fully saturated rings. The van der Waals surface area contributed by atoms with Gasteiger partial charge in [-0.25, -0.2) is 15.0 Å². The summed E-state index contributed by atoms with van der Waals surface area (Å²) in [5, 5.41) is 8.42. The van der Waals surface area contributed by atoms with Crippen molar-refractivity contribution in [2.45, 2.75) is 49.3 Å². The first-order chi connectivity index (χ1) is 17.6. The Labute approximate surface area is 222 Å². The first-order valence-electron chi connectivity index (χ1n) is 12.6. The molecule has 8 nitrogen and oxygen atoms in total. The smallest absolute Gasteiger partial charge is 0.232 e. The molecule has 1 aromatic carbocycles. The van der Waals surface area contributed by atoms with Crippen LogP contribution in [0.2, 0.25) is 0 Å². The van der Waals surface area contributed by atoms with Gasteiger partial charge in [0.05, 0.1) is 0 Å². The molecule has 0 saturated carbocycles. The molecule has 10 heteroatoms. The minimum atomic E-state index is 0.478. The van der Waals surface area contributed by atoms with Gasteiger partial charge in [-0.1, -0.05) is 19.1 Å². The van der Waals surface area contributed by atoms with Gasteiger partial charge in [0, 0.05) is 56.9 Å². The van der Waals surface area contributed by atoms with Crippen molar-refractivity contribution >= 4 is 46.5 Å². The zero-order chi connectivity index (χ0) is 24.7. The van der Waals surface area contributed by atoms with Gasteiger partial charge in [0.25, 0.3) is 0 Å². The number of hydrogen-bond acceptors (Lipinski definition) is 8. The minimum absolute atomic E-state index is 0.478. The molecule has 2 saturated heterocycles. The van der Waals surface area contributed by atoms with Crippen LogP contribution in [0.4, 0.5) is 17.5 Å². The summed E-state index contributed by atoms with van der Waals surface area (Å²) in [7, 11) is 0. The van der Waals surface area contributed by atoms with Crippen molar-refractivity contribution in [2.75, 3.05) is 41.3 Å². The number of anilines is 3. The molecule has 2 aromatic heterocycles. The molecule has 2 aliphatic rings. The number of nitrogens with one attached hydrogen (secondary N) is 2. The molecule has 0 bridgehead atoms. The summed E-state index contributed by atoms with van der Waals surface area (Å²) in [4.78, 5) is 22.9. The lowest BCUT2D eigenvalue weighted by atomic mass is 9.99. The number of aromatic nitrogens is 4. The van der Waals surface area contributed by atoms with E-state index in [1.165, 1.54) is 35.9 Å². The van der Waals surface area contributed by atoms with Crippen LogP contribution in [0.15, 0.2) is 59.0 Å². The van der Waals surface area contributed by atoms with E-state index in [1.54, 1.807) is 18.5 Å². The van der Waals surface area contributed by atoms with Crippen LogP contribution < -0.4 is 20.4 Å². The van der Waals surface area contributed by atoms with Gasteiger partial charge in [-0.3, -0.25) is 0 Å². The second kappa shape index (κ2) is 11.8. The van der Waals surface area contributed by atoms with E-state index in [2.05, 4.69) is 61.6 Å². The maximum Gasteiger partial charge on any atom is 0.232 e. The number of rotatable bonds is 7. The Bertz CT molecular complexity index is 1140. The normalized spacial score (nSPS) is 16.2. The number of piperidine rings is 1. The highest BCUT2D eigenvalue weighted by molar-refractivity contribution is 7.99. The zero-order valence-electron chi connectivity index (χ0n) is 20.6. The maximum atomic E-state index is 5.58. The maximum absolute atomic E-state index is 5.58. The molecule has 5 rings (SSSR count). The summed E-state index contributed by atoms with van der Waals surface area (Å²) in [6, 6.07) is 12.5. The number of thiocarbonyl (C=S) groups is 1. The van der Waals surface area contributed by atoms with Gasteiger partial charge in [-0.2, -0.15) is 4.98 Å². The Hall–Kier alpha value is -2.98. The monoisotopic (exact) mass is 520 g/mol.